The zero-order chi connectivity index (χ0) is 12.6. The van der Waals surface area contributed by atoms with Crippen LogP contribution in [0.4, 0.5) is 4.39 Å². The summed E-state index contributed by atoms with van der Waals surface area (Å²) in [6.07, 6.45) is 0.734. The van der Waals surface area contributed by atoms with Crippen molar-refractivity contribution >= 4 is 5.78 Å². The zero-order valence-corrected chi connectivity index (χ0v) is 10.5. The lowest BCUT2D eigenvalue weighted by atomic mass is 9.99. The molecular formula is C14H21FO. The van der Waals surface area contributed by atoms with Gasteiger partial charge in [-0.25, -0.2) is 4.39 Å². The van der Waals surface area contributed by atoms with E-state index < -0.39 is 0 Å². The Hall–Kier alpha value is -1.18. The topological polar surface area (TPSA) is 17.1 Å². The van der Waals surface area contributed by atoms with Crippen molar-refractivity contribution in [3.05, 3.63) is 36.1 Å². The van der Waals surface area contributed by atoms with Crippen LogP contribution in [0, 0.1) is 17.7 Å². The van der Waals surface area contributed by atoms with Crippen LogP contribution in [0.15, 0.2) is 30.3 Å². The van der Waals surface area contributed by atoms with Gasteiger partial charge in [-0.15, -0.1) is 0 Å². The van der Waals surface area contributed by atoms with Gasteiger partial charge in [0.1, 0.15) is 11.6 Å². The van der Waals surface area contributed by atoms with Gasteiger partial charge in [-0.3, -0.25) is 4.79 Å². The molecule has 0 N–H and O–H groups in total. The number of ketones is 1. The lowest BCUT2D eigenvalue weighted by Gasteiger charge is -2.05. The summed E-state index contributed by atoms with van der Waals surface area (Å²) in [5.74, 6) is 0.930. The van der Waals surface area contributed by atoms with Gasteiger partial charge in [0.25, 0.3) is 0 Å². The fourth-order valence-corrected chi connectivity index (χ4v) is 1.05. The fourth-order valence-electron chi connectivity index (χ4n) is 1.05. The molecule has 0 atom stereocenters. The minimum atomic E-state index is -0.178. The second-order valence-electron chi connectivity index (χ2n) is 4.51. The Kier molecular flexibility index (Phi) is 7.44. The first-order valence-corrected chi connectivity index (χ1v) is 5.66. The average molecular weight is 224 g/mol. The van der Waals surface area contributed by atoms with Gasteiger partial charge >= 0.3 is 0 Å². The molecule has 0 saturated heterocycles. The standard InChI is InChI=1S/C8H16O.C6H5F/c1-6(2)5-8(9)7(3)4;7-6-4-2-1-3-5-6/h6-7H,5H2,1-4H3;1-5H. The normalized spacial score (nSPS) is 9.94. The largest absolute Gasteiger partial charge is 0.299 e. The molecule has 0 amide bonds. The number of halogens is 1. The van der Waals surface area contributed by atoms with Gasteiger partial charge in [-0.2, -0.15) is 0 Å². The van der Waals surface area contributed by atoms with Crippen LogP contribution < -0.4 is 0 Å². The number of benzene rings is 1. The van der Waals surface area contributed by atoms with Crippen LogP contribution in [-0.2, 0) is 4.79 Å². The molecule has 0 fully saturated rings. The second-order valence-corrected chi connectivity index (χ2v) is 4.51. The van der Waals surface area contributed by atoms with Crippen molar-refractivity contribution in [2.24, 2.45) is 11.8 Å². The van der Waals surface area contributed by atoms with Crippen LogP contribution in [0.25, 0.3) is 0 Å². The van der Waals surface area contributed by atoms with E-state index in [1.54, 1.807) is 18.2 Å². The Labute approximate surface area is 97.7 Å². The third kappa shape index (κ3) is 8.16. The van der Waals surface area contributed by atoms with Crippen molar-refractivity contribution < 1.29 is 9.18 Å². The number of carbonyl (C=O) groups is 1. The van der Waals surface area contributed by atoms with Gasteiger partial charge < -0.3 is 0 Å². The van der Waals surface area contributed by atoms with Gasteiger partial charge in [0.05, 0.1) is 0 Å². The smallest absolute Gasteiger partial charge is 0.135 e. The molecule has 16 heavy (non-hydrogen) atoms. The quantitative estimate of drug-likeness (QED) is 0.756. The number of hydrogen-bond acceptors (Lipinski definition) is 1. The Bertz CT molecular complexity index is 291. The van der Waals surface area contributed by atoms with E-state index in [1.807, 2.05) is 13.8 Å². The predicted octanol–water partition coefficient (Wildman–Crippen LogP) is 4.08. The number of carbonyl (C=O) groups excluding carboxylic acids is 1. The molecule has 0 aliphatic carbocycles. The third-order valence-electron chi connectivity index (χ3n) is 1.99. The van der Waals surface area contributed by atoms with Crippen molar-refractivity contribution in [3.8, 4) is 0 Å². The van der Waals surface area contributed by atoms with Crippen LogP contribution >= 0.6 is 0 Å². The molecule has 2 heteroatoms. The van der Waals surface area contributed by atoms with Gasteiger partial charge in [-0.1, -0.05) is 45.9 Å². The molecule has 0 radical (unpaired) electrons. The maximum Gasteiger partial charge on any atom is 0.135 e. The molecule has 0 spiro atoms. The van der Waals surface area contributed by atoms with E-state index in [4.69, 9.17) is 0 Å². The van der Waals surface area contributed by atoms with E-state index >= 15 is 0 Å². The van der Waals surface area contributed by atoms with Crippen molar-refractivity contribution in [2.45, 2.75) is 34.1 Å². The highest BCUT2D eigenvalue weighted by Gasteiger charge is 2.07. The first-order valence-electron chi connectivity index (χ1n) is 5.66. The van der Waals surface area contributed by atoms with Crippen LogP contribution in [0.3, 0.4) is 0 Å². The Balaban J connectivity index is 0.000000288. The summed E-state index contributed by atoms with van der Waals surface area (Å²) in [4.78, 5) is 11.0. The second kappa shape index (κ2) is 8.03. The fraction of sp³-hybridized carbons (Fsp3) is 0.500. The highest BCUT2D eigenvalue weighted by atomic mass is 19.1. The molecule has 0 heterocycles. The van der Waals surface area contributed by atoms with Crippen LogP contribution in [0.1, 0.15) is 34.1 Å². The van der Waals surface area contributed by atoms with Crippen molar-refractivity contribution in [2.75, 3.05) is 0 Å². The summed E-state index contributed by atoms with van der Waals surface area (Å²) in [5.41, 5.74) is 0. The number of Topliss-reactive ketones (excluding diaryl/α,β-unsaturated/α-hetero) is 1. The molecular weight excluding hydrogens is 203 g/mol. The summed E-state index contributed by atoms with van der Waals surface area (Å²) in [6, 6.07) is 7.94. The lowest BCUT2D eigenvalue weighted by molar-refractivity contribution is -0.122. The van der Waals surface area contributed by atoms with E-state index in [-0.39, 0.29) is 11.7 Å². The summed E-state index contributed by atoms with van der Waals surface area (Å²) in [6.45, 7) is 8.04. The molecule has 0 bridgehead atoms. The molecule has 0 aliphatic rings. The number of rotatable bonds is 3. The predicted molar refractivity (Wildman–Crippen MR) is 65.7 cm³/mol. The third-order valence-corrected chi connectivity index (χ3v) is 1.99. The van der Waals surface area contributed by atoms with Gasteiger partial charge in [-0.05, 0) is 18.1 Å². The van der Waals surface area contributed by atoms with Gasteiger partial charge in [0.15, 0.2) is 0 Å². The summed E-state index contributed by atoms with van der Waals surface area (Å²) in [5, 5.41) is 0. The molecule has 1 aromatic rings. The maximum atomic E-state index is 11.9. The van der Waals surface area contributed by atoms with E-state index in [0.717, 1.165) is 6.42 Å². The molecule has 0 unspecified atom stereocenters. The maximum absolute atomic E-state index is 11.9. The van der Waals surface area contributed by atoms with E-state index in [2.05, 4.69) is 13.8 Å². The molecule has 0 aliphatic heterocycles. The summed E-state index contributed by atoms with van der Waals surface area (Å²) in [7, 11) is 0. The molecule has 1 nitrogen and oxygen atoms in total. The van der Waals surface area contributed by atoms with Crippen LogP contribution in [0.5, 0.6) is 0 Å². The van der Waals surface area contributed by atoms with Crippen LogP contribution in [0.2, 0.25) is 0 Å². The molecule has 1 aromatic carbocycles. The van der Waals surface area contributed by atoms with Crippen molar-refractivity contribution in [1.29, 1.82) is 0 Å². The molecule has 90 valence electrons. The van der Waals surface area contributed by atoms with Gasteiger partial charge in [0.2, 0.25) is 0 Å². The summed E-state index contributed by atoms with van der Waals surface area (Å²) < 4.78 is 11.9. The van der Waals surface area contributed by atoms with Gasteiger partial charge in [0, 0.05) is 12.3 Å². The number of hydrogen-bond donors (Lipinski definition) is 0. The molecule has 1 rings (SSSR count). The molecule has 0 saturated carbocycles. The highest BCUT2D eigenvalue weighted by molar-refractivity contribution is 5.80. The van der Waals surface area contributed by atoms with Crippen LogP contribution in [-0.4, -0.2) is 5.78 Å². The first-order chi connectivity index (χ1) is 7.43. The van der Waals surface area contributed by atoms with Crippen molar-refractivity contribution in [3.63, 3.8) is 0 Å². The Morgan fingerprint density at radius 3 is 1.81 bits per heavy atom. The minimum Gasteiger partial charge on any atom is -0.299 e. The lowest BCUT2D eigenvalue weighted by Crippen LogP contribution is -2.09. The average Bonchev–Trinajstić information content (AvgIpc) is 2.18. The minimum absolute atomic E-state index is 0.178. The van der Waals surface area contributed by atoms with Crippen molar-refractivity contribution in [1.82, 2.24) is 0 Å². The van der Waals surface area contributed by atoms with E-state index in [9.17, 15) is 9.18 Å². The monoisotopic (exact) mass is 224 g/mol. The Morgan fingerprint density at radius 1 is 1.12 bits per heavy atom. The Morgan fingerprint density at radius 2 is 1.62 bits per heavy atom. The van der Waals surface area contributed by atoms with E-state index in [1.165, 1.54) is 12.1 Å². The highest BCUT2D eigenvalue weighted by Crippen LogP contribution is 2.06. The molecule has 0 aromatic heterocycles. The zero-order valence-electron chi connectivity index (χ0n) is 10.5. The first kappa shape index (κ1) is 14.8. The SMILES string of the molecule is CC(C)CC(=O)C(C)C.Fc1ccccc1. The summed E-state index contributed by atoms with van der Waals surface area (Å²) >= 11 is 0. The van der Waals surface area contributed by atoms with E-state index in [0.29, 0.717) is 11.7 Å².